The second kappa shape index (κ2) is 6.68. The molecule has 0 unspecified atom stereocenters. The Kier molecular flexibility index (Phi) is 5.15. The molecule has 0 saturated heterocycles. The molecule has 0 aliphatic rings. The zero-order valence-corrected chi connectivity index (χ0v) is 9.75. The van der Waals surface area contributed by atoms with E-state index in [1.54, 1.807) is 13.0 Å². The highest BCUT2D eigenvalue weighted by Crippen LogP contribution is 2.19. The lowest BCUT2D eigenvalue weighted by Crippen LogP contribution is -2.03. The van der Waals surface area contributed by atoms with Crippen LogP contribution in [0.25, 0.3) is 0 Å². The van der Waals surface area contributed by atoms with Crippen molar-refractivity contribution in [1.29, 1.82) is 0 Å². The SMILES string of the molecule is CC#CCCC(=O)c1ccccc1OCC. The van der Waals surface area contributed by atoms with Crippen LogP contribution in [0.1, 0.15) is 37.0 Å². The van der Waals surface area contributed by atoms with Gasteiger partial charge in [-0.1, -0.05) is 12.1 Å². The van der Waals surface area contributed by atoms with Gasteiger partial charge in [-0.25, -0.2) is 0 Å². The number of rotatable bonds is 5. The lowest BCUT2D eigenvalue weighted by molar-refractivity contribution is 0.0980. The minimum absolute atomic E-state index is 0.0896. The van der Waals surface area contributed by atoms with Crippen molar-refractivity contribution >= 4 is 5.78 Å². The first-order valence-corrected chi connectivity index (χ1v) is 5.44. The van der Waals surface area contributed by atoms with E-state index in [0.29, 0.717) is 30.8 Å². The van der Waals surface area contributed by atoms with Gasteiger partial charge in [-0.05, 0) is 26.0 Å². The molecule has 16 heavy (non-hydrogen) atoms. The quantitative estimate of drug-likeness (QED) is 0.558. The smallest absolute Gasteiger partial charge is 0.167 e. The zero-order chi connectivity index (χ0) is 11.8. The Morgan fingerprint density at radius 3 is 2.81 bits per heavy atom. The summed E-state index contributed by atoms with van der Waals surface area (Å²) in [5.41, 5.74) is 0.655. The summed E-state index contributed by atoms with van der Waals surface area (Å²) >= 11 is 0. The Hall–Kier alpha value is -1.75. The van der Waals surface area contributed by atoms with Crippen LogP contribution in [-0.2, 0) is 0 Å². The highest BCUT2D eigenvalue weighted by atomic mass is 16.5. The standard InChI is InChI=1S/C14H16O2/c1-3-5-6-10-13(15)12-9-7-8-11-14(12)16-4-2/h7-9,11H,4,6,10H2,1-2H3. The van der Waals surface area contributed by atoms with Gasteiger partial charge in [0.2, 0.25) is 0 Å². The molecular weight excluding hydrogens is 200 g/mol. The number of carbonyl (C=O) groups is 1. The number of Topliss-reactive ketones (excluding diaryl/α,β-unsaturated/α-hetero) is 1. The van der Waals surface area contributed by atoms with Gasteiger partial charge in [-0.3, -0.25) is 4.79 Å². The first kappa shape index (κ1) is 12.3. The molecule has 0 amide bonds. The minimum Gasteiger partial charge on any atom is -0.493 e. The van der Waals surface area contributed by atoms with Crippen molar-refractivity contribution in [2.45, 2.75) is 26.7 Å². The molecular formula is C14H16O2. The third-order valence-corrected chi connectivity index (χ3v) is 2.14. The van der Waals surface area contributed by atoms with E-state index in [1.807, 2.05) is 25.1 Å². The third-order valence-electron chi connectivity index (χ3n) is 2.14. The zero-order valence-electron chi connectivity index (χ0n) is 9.75. The average molecular weight is 216 g/mol. The minimum atomic E-state index is 0.0896. The number of ketones is 1. The predicted molar refractivity (Wildman–Crippen MR) is 64.6 cm³/mol. The van der Waals surface area contributed by atoms with E-state index in [2.05, 4.69) is 11.8 Å². The summed E-state index contributed by atoms with van der Waals surface area (Å²) in [5, 5.41) is 0. The highest BCUT2D eigenvalue weighted by Gasteiger charge is 2.10. The fraction of sp³-hybridized carbons (Fsp3) is 0.357. The van der Waals surface area contributed by atoms with Crippen LogP contribution < -0.4 is 4.74 Å². The molecule has 0 atom stereocenters. The second-order valence-electron chi connectivity index (χ2n) is 3.28. The molecule has 1 aromatic rings. The molecule has 0 bridgehead atoms. The molecule has 2 nitrogen and oxygen atoms in total. The molecule has 0 aromatic heterocycles. The van der Waals surface area contributed by atoms with Gasteiger partial charge in [-0.15, -0.1) is 11.8 Å². The van der Waals surface area contributed by atoms with Crippen molar-refractivity contribution in [3.05, 3.63) is 29.8 Å². The van der Waals surface area contributed by atoms with Crippen LogP contribution in [-0.4, -0.2) is 12.4 Å². The molecule has 84 valence electrons. The van der Waals surface area contributed by atoms with Crippen LogP contribution in [0.3, 0.4) is 0 Å². The molecule has 1 aromatic carbocycles. The molecule has 0 heterocycles. The molecule has 0 aliphatic carbocycles. The Labute approximate surface area is 96.6 Å². The molecule has 0 N–H and O–H groups in total. The van der Waals surface area contributed by atoms with Gasteiger partial charge in [0.1, 0.15) is 5.75 Å². The highest BCUT2D eigenvalue weighted by molar-refractivity contribution is 5.98. The fourth-order valence-corrected chi connectivity index (χ4v) is 1.41. The van der Waals surface area contributed by atoms with Gasteiger partial charge >= 0.3 is 0 Å². The van der Waals surface area contributed by atoms with E-state index in [-0.39, 0.29) is 5.78 Å². The van der Waals surface area contributed by atoms with Crippen LogP contribution in [0.4, 0.5) is 0 Å². The summed E-state index contributed by atoms with van der Waals surface area (Å²) in [5.74, 6) is 6.43. The first-order chi connectivity index (χ1) is 7.79. The molecule has 1 rings (SSSR count). The van der Waals surface area contributed by atoms with E-state index >= 15 is 0 Å². The number of benzene rings is 1. The van der Waals surface area contributed by atoms with Gasteiger partial charge in [0.05, 0.1) is 12.2 Å². The van der Waals surface area contributed by atoms with Gasteiger partial charge in [-0.2, -0.15) is 0 Å². The Balaban J connectivity index is 2.76. The summed E-state index contributed by atoms with van der Waals surface area (Å²) in [6, 6.07) is 7.34. The van der Waals surface area contributed by atoms with Gasteiger partial charge in [0.15, 0.2) is 5.78 Å². The Bertz CT molecular complexity index is 410. The summed E-state index contributed by atoms with van der Waals surface area (Å²) in [7, 11) is 0. The normalized spacial score (nSPS) is 9.12. The number of hydrogen-bond acceptors (Lipinski definition) is 2. The second-order valence-corrected chi connectivity index (χ2v) is 3.28. The molecule has 2 heteroatoms. The molecule has 0 spiro atoms. The maximum Gasteiger partial charge on any atom is 0.167 e. The third kappa shape index (κ3) is 3.43. The Morgan fingerprint density at radius 2 is 2.12 bits per heavy atom. The van der Waals surface area contributed by atoms with Crippen molar-refractivity contribution in [3.8, 4) is 17.6 Å². The summed E-state index contributed by atoms with van der Waals surface area (Å²) in [6.07, 6.45) is 1.06. The lowest BCUT2D eigenvalue weighted by atomic mass is 10.1. The van der Waals surface area contributed by atoms with Crippen LogP contribution in [0.2, 0.25) is 0 Å². The van der Waals surface area contributed by atoms with Crippen LogP contribution in [0, 0.1) is 11.8 Å². The van der Waals surface area contributed by atoms with Gasteiger partial charge < -0.3 is 4.74 Å². The monoisotopic (exact) mass is 216 g/mol. The van der Waals surface area contributed by atoms with Gasteiger partial charge in [0.25, 0.3) is 0 Å². The van der Waals surface area contributed by atoms with Crippen molar-refractivity contribution in [3.63, 3.8) is 0 Å². The maximum atomic E-state index is 11.9. The lowest BCUT2D eigenvalue weighted by Gasteiger charge is -2.07. The maximum absolute atomic E-state index is 11.9. The molecule has 0 aliphatic heterocycles. The molecule has 0 fully saturated rings. The summed E-state index contributed by atoms with van der Waals surface area (Å²) in [4.78, 5) is 11.9. The number of hydrogen-bond donors (Lipinski definition) is 0. The van der Waals surface area contributed by atoms with E-state index in [9.17, 15) is 4.79 Å². The molecule has 0 radical (unpaired) electrons. The Morgan fingerprint density at radius 1 is 1.38 bits per heavy atom. The van der Waals surface area contributed by atoms with E-state index < -0.39 is 0 Å². The molecule has 0 saturated carbocycles. The van der Waals surface area contributed by atoms with Crippen LogP contribution >= 0.6 is 0 Å². The predicted octanol–water partition coefficient (Wildman–Crippen LogP) is 3.07. The number of para-hydroxylation sites is 1. The first-order valence-electron chi connectivity index (χ1n) is 5.44. The van der Waals surface area contributed by atoms with Gasteiger partial charge in [0, 0.05) is 12.8 Å². The summed E-state index contributed by atoms with van der Waals surface area (Å²) < 4.78 is 5.41. The van der Waals surface area contributed by atoms with E-state index in [4.69, 9.17) is 4.74 Å². The largest absolute Gasteiger partial charge is 0.493 e. The van der Waals surface area contributed by atoms with Crippen molar-refractivity contribution < 1.29 is 9.53 Å². The number of ether oxygens (including phenoxy) is 1. The van der Waals surface area contributed by atoms with Crippen molar-refractivity contribution in [2.24, 2.45) is 0 Å². The van der Waals surface area contributed by atoms with E-state index in [1.165, 1.54) is 0 Å². The van der Waals surface area contributed by atoms with Crippen molar-refractivity contribution in [1.82, 2.24) is 0 Å². The average Bonchev–Trinajstić information content (AvgIpc) is 2.30. The number of carbonyl (C=O) groups excluding carboxylic acids is 1. The van der Waals surface area contributed by atoms with E-state index in [0.717, 1.165) is 0 Å². The summed E-state index contributed by atoms with van der Waals surface area (Å²) in [6.45, 7) is 4.25. The fourth-order valence-electron chi connectivity index (χ4n) is 1.41. The van der Waals surface area contributed by atoms with Crippen molar-refractivity contribution in [2.75, 3.05) is 6.61 Å². The topological polar surface area (TPSA) is 26.3 Å². The van der Waals surface area contributed by atoms with Crippen LogP contribution in [0.15, 0.2) is 24.3 Å². The van der Waals surface area contributed by atoms with Crippen LogP contribution in [0.5, 0.6) is 5.75 Å².